The van der Waals surface area contributed by atoms with Gasteiger partial charge in [-0.05, 0) is 26.0 Å². The Bertz CT molecular complexity index is 512. The van der Waals surface area contributed by atoms with E-state index >= 15 is 0 Å². The fourth-order valence-corrected chi connectivity index (χ4v) is 2.98. The molecule has 2 heterocycles. The molecule has 0 amide bonds. The Hall–Kier alpha value is -1.69. The van der Waals surface area contributed by atoms with E-state index in [1.165, 1.54) is 32.1 Å². The maximum Gasteiger partial charge on any atom is 0.0997 e. The van der Waals surface area contributed by atoms with Gasteiger partial charge in [0.05, 0.1) is 29.7 Å². The van der Waals surface area contributed by atoms with E-state index in [4.69, 9.17) is 5.10 Å². The van der Waals surface area contributed by atoms with Gasteiger partial charge in [-0.2, -0.15) is 20.5 Å². The molecule has 6 nitrogen and oxygen atoms in total. The van der Waals surface area contributed by atoms with E-state index < -0.39 is 0 Å². The largest absolute Gasteiger partial charge is 0.311 e. The molecule has 20 heavy (non-hydrogen) atoms. The Balaban J connectivity index is 1.67. The van der Waals surface area contributed by atoms with Crippen molar-refractivity contribution in [3.63, 3.8) is 0 Å². The number of hydrogen-bond donors (Lipinski definition) is 2. The molecule has 1 atom stereocenters. The van der Waals surface area contributed by atoms with E-state index in [0.29, 0.717) is 6.04 Å². The van der Waals surface area contributed by atoms with E-state index in [2.05, 4.69) is 37.7 Å². The van der Waals surface area contributed by atoms with Crippen LogP contribution in [0.15, 0.2) is 18.5 Å². The zero-order valence-electron chi connectivity index (χ0n) is 11.9. The highest BCUT2D eigenvalue weighted by molar-refractivity contribution is 5.08. The molecule has 3 rings (SSSR count). The second kappa shape index (κ2) is 6.17. The first kappa shape index (κ1) is 13.3. The van der Waals surface area contributed by atoms with Gasteiger partial charge >= 0.3 is 0 Å². The van der Waals surface area contributed by atoms with Gasteiger partial charge < -0.3 is 5.32 Å². The number of aromatic amines is 1. The molecule has 0 aliphatic heterocycles. The first-order valence-electron chi connectivity index (χ1n) is 7.44. The van der Waals surface area contributed by atoms with E-state index in [-0.39, 0.29) is 6.04 Å². The van der Waals surface area contributed by atoms with E-state index in [9.17, 15) is 0 Å². The van der Waals surface area contributed by atoms with E-state index in [0.717, 1.165) is 17.8 Å². The normalized spacial score (nSPS) is 18.2. The van der Waals surface area contributed by atoms with Crippen LogP contribution in [0.3, 0.4) is 0 Å². The van der Waals surface area contributed by atoms with Crippen LogP contribution in [-0.2, 0) is 6.42 Å². The molecule has 0 aromatic carbocycles. The fourth-order valence-electron chi connectivity index (χ4n) is 2.98. The molecule has 1 fully saturated rings. The van der Waals surface area contributed by atoms with Crippen LogP contribution in [-0.4, -0.2) is 32.2 Å². The van der Waals surface area contributed by atoms with Crippen molar-refractivity contribution < 1.29 is 0 Å². The van der Waals surface area contributed by atoms with Crippen LogP contribution < -0.4 is 5.32 Å². The average Bonchev–Trinajstić information content (AvgIpc) is 3.17. The lowest BCUT2D eigenvalue weighted by Gasteiger charge is -2.21. The molecule has 0 radical (unpaired) electrons. The molecular formula is C14H22N6. The van der Waals surface area contributed by atoms with E-state index in [1.54, 1.807) is 6.20 Å². The molecule has 2 aromatic rings. The van der Waals surface area contributed by atoms with Crippen molar-refractivity contribution in [2.45, 2.75) is 50.6 Å². The summed E-state index contributed by atoms with van der Waals surface area (Å²) in [6.45, 7) is 0. The highest BCUT2D eigenvalue weighted by Gasteiger charge is 2.18. The highest BCUT2D eigenvalue weighted by Crippen LogP contribution is 2.27. The molecule has 1 saturated carbocycles. The third kappa shape index (κ3) is 2.90. The Morgan fingerprint density at radius 2 is 2.25 bits per heavy atom. The number of likely N-dealkylation sites (N-methyl/N-ethyl adjacent to an activating group) is 1. The molecule has 0 saturated heterocycles. The summed E-state index contributed by atoms with van der Waals surface area (Å²) < 4.78 is 2.16. The van der Waals surface area contributed by atoms with Crippen LogP contribution >= 0.6 is 0 Å². The first-order valence-corrected chi connectivity index (χ1v) is 7.44. The minimum Gasteiger partial charge on any atom is -0.311 e. The monoisotopic (exact) mass is 274 g/mol. The van der Waals surface area contributed by atoms with Gasteiger partial charge in [0.25, 0.3) is 0 Å². The summed E-state index contributed by atoms with van der Waals surface area (Å²) in [6, 6.07) is 2.88. The van der Waals surface area contributed by atoms with Crippen LogP contribution in [0, 0.1) is 0 Å². The van der Waals surface area contributed by atoms with Crippen LogP contribution in [0.1, 0.15) is 55.6 Å². The number of aromatic nitrogens is 5. The lowest BCUT2D eigenvalue weighted by atomic mass is 9.96. The average molecular weight is 274 g/mol. The predicted octanol–water partition coefficient (Wildman–Crippen LogP) is 2.01. The van der Waals surface area contributed by atoms with Gasteiger partial charge in [0.15, 0.2) is 0 Å². The predicted molar refractivity (Wildman–Crippen MR) is 76.2 cm³/mol. The summed E-state index contributed by atoms with van der Waals surface area (Å²) in [7, 11) is 1.94. The number of rotatable bonds is 5. The zero-order chi connectivity index (χ0) is 13.8. The molecule has 2 aromatic heterocycles. The van der Waals surface area contributed by atoms with E-state index in [1.807, 2.05) is 7.05 Å². The Labute approximate surface area is 119 Å². The first-order chi connectivity index (χ1) is 9.86. The van der Waals surface area contributed by atoms with Crippen molar-refractivity contribution in [3.8, 4) is 0 Å². The van der Waals surface area contributed by atoms with Crippen LogP contribution in [0.25, 0.3) is 0 Å². The second-order valence-corrected chi connectivity index (χ2v) is 5.52. The maximum atomic E-state index is 4.75. The number of H-pyrrole nitrogens is 1. The summed E-state index contributed by atoms with van der Waals surface area (Å²) in [6.07, 6.45) is 11.3. The third-order valence-electron chi connectivity index (χ3n) is 4.16. The summed E-state index contributed by atoms with van der Waals surface area (Å²) in [4.78, 5) is 0. The standard InChI is InChI=1S/C14H22N6/c1-15-13(14-10-16-19-17-14)9-11-7-8-20(18-11)12-5-3-2-4-6-12/h7-8,10,12-13,15H,2-6,9H2,1H3,(H,16,17,19). The maximum absolute atomic E-state index is 4.75. The quantitative estimate of drug-likeness (QED) is 0.875. The Kier molecular flexibility index (Phi) is 4.11. The fraction of sp³-hybridized carbons (Fsp3) is 0.643. The Morgan fingerprint density at radius 1 is 1.40 bits per heavy atom. The van der Waals surface area contributed by atoms with Crippen molar-refractivity contribution in [3.05, 3.63) is 29.8 Å². The molecular weight excluding hydrogens is 252 g/mol. The molecule has 0 bridgehead atoms. The number of nitrogens with zero attached hydrogens (tertiary/aromatic N) is 4. The van der Waals surface area contributed by atoms with Gasteiger partial charge in [-0.3, -0.25) is 4.68 Å². The molecule has 108 valence electrons. The van der Waals surface area contributed by atoms with Gasteiger partial charge in [0.2, 0.25) is 0 Å². The number of nitrogens with one attached hydrogen (secondary N) is 2. The van der Waals surface area contributed by atoms with Crippen LogP contribution in [0.5, 0.6) is 0 Å². The second-order valence-electron chi connectivity index (χ2n) is 5.52. The molecule has 1 aliphatic rings. The minimum absolute atomic E-state index is 0.156. The SMILES string of the molecule is CNC(Cc1ccn(C2CCCCC2)n1)c1cn[nH]n1. The van der Waals surface area contributed by atoms with Gasteiger partial charge in [-0.1, -0.05) is 19.3 Å². The smallest absolute Gasteiger partial charge is 0.0997 e. The third-order valence-corrected chi connectivity index (χ3v) is 4.16. The summed E-state index contributed by atoms with van der Waals surface area (Å²) in [5.41, 5.74) is 2.04. The van der Waals surface area contributed by atoms with Crippen molar-refractivity contribution in [2.75, 3.05) is 7.05 Å². The van der Waals surface area contributed by atoms with Crippen molar-refractivity contribution in [1.29, 1.82) is 0 Å². The molecule has 0 spiro atoms. The molecule has 6 heteroatoms. The molecule has 2 N–H and O–H groups in total. The molecule has 1 aliphatic carbocycles. The lowest BCUT2D eigenvalue weighted by Crippen LogP contribution is -2.20. The van der Waals surface area contributed by atoms with Gasteiger partial charge in [-0.25, -0.2) is 0 Å². The van der Waals surface area contributed by atoms with Gasteiger partial charge in [0.1, 0.15) is 0 Å². The van der Waals surface area contributed by atoms with Crippen molar-refractivity contribution in [2.24, 2.45) is 0 Å². The highest BCUT2D eigenvalue weighted by atomic mass is 15.3. The zero-order valence-corrected chi connectivity index (χ0v) is 11.9. The molecule has 1 unspecified atom stereocenters. The van der Waals surface area contributed by atoms with Gasteiger partial charge in [-0.15, -0.1) is 0 Å². The Morgan fingerprint density at radius 3 is 2.95 bits per heavy atom. The van der Waals surface area contributed by atoms with Crippen molar-refractivity contribution >= 4 is 0 Å². The summed E-state index contributed by atoms with van der Waals surface area (Å²) >= 11 is 0. The summed E-state index contributed by atoms with van der Waals surface area (Å²) in [5, 5.41) is 18.7. The minimum atomic E-state index is 0.156. The van der Waals surface area contributed by atoms with Crippen molar-refractivity contribution in [1.82, 2.24) is 30.5 Å². The van der Waals surface area contributed by atoms with Crippen LogP contribution in [0.2, 0.25) is 0 Å². The van der Waals surface area contributed by atoms with Crippen LogP contribution in [0.4, 0.5) is 0 Å². The lowest BCUT2D eigenvalue weighted by molar-refractivity contribution is 0.327. The summed E-state index contributed by atoms with van der Waals surface area (Å²) in [5.74, 6) is 0. The topological polar surface area (TPSA) is 71.4 Å². The number of hydrogen-bond acceptors (Lipinski definition) is 4. The van der Waals surface area contributed by atoms with Gasteiger partial charge in [0, 0.05) is 12.6 Å².